The van der Waals surface area contributed by atoms with Gasteiger partial charge in [-0.05, 0) is 76.9 Å². The molecule has 0 saturated carbocycles. The number of hydrogen-bond donors (Lipinski definition) is 3. The van der Waals surface area contributed by atoms with Gasteiger partial charge < -0.3 is 15.8 Å². The fourth-order valence-corrected chi connectivity index (χ4v) is 4.83. The first-order valence-corrected chi connectivity index (χ1v) is 11.1. The van der Waals surface area contributed by atoms with Crippen molar-refractivity contribution in [3.05, 3.63) is 53.6 Å². The molecule has 1 fully saturated rings. The number of benzene rings is 2. The number of anilines is 3. The van der Waals surface area contributed by atoms with Gasteiger partial charge in [0.2, 0.25) is 5.91 Å². The molecule has 0 bridgehead atoms. The summed E-state index contributed by atoms with van der Waals surface area (Å²) in [6.07, 6.45) is 2.50. The van der Waals surface area contributed by atoms with Gasteiger partial charge in [0.05, 0.1) is 10.5 Å². The third-order valence-corrected chi connectivity index (χ3v) is 6.38. The number of nitrogens with one attached hydrogen (secondary N) is 2. The maximum Gasteiger partial charge on any atom is 0.227 e. The molecule has 1 saturated heterocycles. The maximum atomic E-state index is 13.5. The van der Waals surface area contributed by atoms with E-state index >= 15 is 0 Å². The van der Waals surface area contributed by atoms with E-state index in [0.29, 0.717) is 40.9 Å². The van der Waals surface area contributed by atoms with Crippen molar-refractivity contribution in [1.29, 1.82) is 0 Å². The number of aromatic nitrogens is 2. The summed E-state index contributed by atoms with van der Waals surface area (Å²) in [5.41, 5.74) is 0.846. The van der Waals surface area contributed by atoms with Gasteiger partial charge in [-0.15, -0.1) is 0 Å². The number of carbonyl (C=O) groups is 1. The van der Waals surface area contributed by atoms with Crippen LogP contribution < -0.4 is 10.6 Å². The molecular weight excluding hydrogens is 445 g/mol. The second kappa shape index (κ2) is 8.52. The smallest absolute Gasteiger partial charge is 0.227 e. The van der Waals surface area contributed by atoms with E-state index in [9.17, 15) is 14.4 Å². The van der Waals surface area contributed by atoms with Crippen molar-refractivity contribution in [1.82, 2.24) is 15.0 Å². The molecule has 2 heterocycles. The highest BCUT2D eigenvalue weighted by molar-refractivity contribution is 6.31. The molecule has 3 N–H and O–H groups in total. The molecule has 0 radical (unpaired) electrons. The van der Waals surface area contributed by atoms with Crippen LogP contribution in [-0.2, 0) is 4.79 Å². The molecule has 0 aliphatic carbocycles. The topological polar surface area (TPSA) is 90.4 Å². The molecular formula is C24H27ClFN5O2. The van der Waals surface area contributed by atoms with Gasteiger partial charge in [-0.3, -0.25) is 4.79 Å². The number of rotatable bonds is 4. The average molecular weight is 472 g/mol. The number of amides is 1. The van der Waals surface area contributed by atoms with Crippen LogP contribution in [0.1, 0.15) is 40.5 Å². The molecule has 174 valence electrons. The molecule has 9 heteroatoms. The lowest BCUT2D eigenvalue weighted by molar-refractivity contribution is -0.249. The lowest BCUT2D eigenvalue weighted by Crippen LogP contribution is -2.60. The fraction of sp³-hybridized carbons (Fsp3) is 0.375. The summed E-state index contributed by atoms with van der Waals surface area (Å²) < 4.78 is 13.5. The molecule has 3 aromatic rings. The van der Waals surface area contributed by atoms with Crippen molar-refractivity contribution in [2.75, 3.05) is 10.6 Å². The quantitative estimate of drug-likeness (QED) is 0.448. The molecule has 2 aromatic carbocycles. The van der Waals surface area contributed by atoms with Crippen molar-refractivity contribution in [3.63, 3.8) is 0 Å². The Hall–Kier alpha value is -2.81. The van der Waals surface area contributed by atoms with Gasteiger partial charge in [0.1, 0.15) is 18.0 Å². The third kappa shape index (κ3) is 4.78. The Balaban J connectivity index is 1.58. The Kier molecular flexibility index (Phi) is 6.03. The van der Waals surface area contributed by atoms with E-state index in [2.05, 4.69) is 20.6 Å². The van der Waals surface area contributed by atoms with Gasteiger partial charge in [-0.25, -0.2) is 14.4 Å². The second-order valence-electron chi connectivity index (χ2n) is 9.74. The number of hydroxylamine groups is 2. The van der Waals surface area contributed by atoms with E-state index in [1.807, 2.05) is 27.7 Å². The zero-order valence-electron chi connectivity index (χ0n) is 19.0. The summed E-state index contributed by atoms with van der Waals surface area (Å²) in [5, 5.41) is 18.7. The standard InChI is InChI=1S/C24H27ClFN5O2/c1-23(2)11-14(12-24(3,4)31(23)33)22(32)30-15-6-8-20-17(9-15)21(28-13-27-20)29-16-5-7-19(26)18(25)10-16/h5-10,13-14,33H,11-12H2,1-4H3,(H,30,32)(H,27,28,29). The van der Waals surface area contributed by atoms with Crippen molar-refractivity contribution >= 4 is 45.6 Å². The SMILES string of the molecule is CC1(C)CC(C(=O)Nc2ccc3ncnc(Nc4ccc(F)c(Cl)c4)c3c2)CC(C)(C)N1O. The molecule has 0 spiro atoms. The molecule has 0 atom stereocenters. The summed E-state index contributed by atoms with van der Waals surface area (Å²) in [4.78, 5) is 21.7. The normalized spacial score (nSPS) is 18.3. The number of carbonyl (C=O) groups excluding carboxylic acids is 1. The van der Waals surface area contributed by atoms with E-state index in [0.717, 1.165) is 0 Å². The zero-order chi connectivity index (χ0) is 24.0. The molecule has 1 amide bonds. The largest absolute Gasteiger partial charge is 0.340 e. The van der Waals surface area contributed by atoms with Gasteiger partial charge >= 0.3 is 0 Å². The first kappa shape index (κ1) is 23.4. The predicted molar refractivity (Wildman–Crippen MR) is 127 cm³/mol. The van der Waals surface area contributed by atoms with Crippen molar-refractivity contribution in [3.8, 4) is 0 Å². The highest BCUT2D eigenvalue weighted by Gasteiger charge is 2.47. The van der Waals surface area contributed by atoms with Crippen LogP contribution in [0, 0.1) is 11.7 Å². The van der Waals surface area contributed by atoms with E-state index in [-0.39, 0.29) is 16.8 Å². The van der Waals surface area contributed by atoms with Gasteiger partial charge in [0.25, 0.3) is 0 Å². The van der Waals surface area contributed by atoms with Crippen LogP contribution in [0.2, 0.25) is 5.02 Å². The molecule has 33 heavy (non-hydrogen) atoms. The second-order valence-corrected chi connectivity index (χ2v) is 10.1. The number of nitrogens with zero attached hydrogens (tertiary/aromatic N) is 3. The lowest BCUT2D eigenvalue weighted by Gasteiger charge is -2.51. The zero-order valence-corrected chi connectivity index (χ0v) is 19.7. The molecule has 1 aliphatic rings. The molecule has 4 rings (SSSR count). The number of piperidine rings is 1. The summed E-state index contributed by atoms with van der Waals surface area (Å²) in [5.74, 6) is -0.340. The Morgan fingerprint density at radius 2 is 1.76 bits per heavy atom. The summed E-state index contributed by atoms with van der Waals surface area (Å²) in [7, 11) is 0. The van der Waals surface area contributed by atoms with Crippen LogP contribution in [0.25, 0.3) is 10.9 Å². The highest BCUT2D eigenvalue weighted by Crippen LogP contribution is 2.40. The van der Waals surface area contributed by atoms with Crippen molar-refractivity contribution in [2.45, 2.75) is 51.6 Å². The monoisotopic (exact) mass is 471 g/mol. The van der Waals surface area contributed by atoms with E-state index < -0.39 is 16.9 Å². The Bertz CT molecular complexity index is 1200. The van der Waals surface area contributed by atoms with Gasteiger partial charge in [-0.1, -0.05) is 11.6 Å². The predicted octanol–water partition coefficient (Wildman–Crippen LogP) is 5.76. The van der Waals surface area contributed by atoms with Crippen LogP contribution in [0.4, 0.5) is 21.6 Å². The van der Waals surface area contributed by atoms with Crippen molar-refractivity contribution < 1.29 is 14.4 Å². The lowest BCUT2D eigenvalue weighted by atomic mass is 9.75. The summed E-state index contributed by atoms with van der Waals surface area (Å²) in [6, 6.07) is 9.73. The van der Waals surface area contributed by atoms with Crippen LogP contribution in [-0.4, -0.2) is 37.2 Å². The fourth-order valence-electron chi connectivity index (χ4n) is 4.64. The van der Waals surface area contributed by atoms with Gasteiger partial charge in [0.15, 0.2) is 0 Å². The minimum atomic E-state index is -0.519. The highest BCUT2D eigenvalue weighted by atomic mass is 35.5. The minimum absolute atomic E-state index is 0.00564. The maximum absolute atomic E-state index is 13.5. The summed E-state index contributed by atoms with van der Waals surface area (Å²) >= 11 is 5.89. The molecule has 0 unspecified atom stereocenters. The molecule has 1 aromatic heterocycles. The van der Waals surface area contributed by atoms with Gasteiger partial charge in [0, 0.05) is 33.8 Å². The first-order chi connectivity index (χ1) is 15.5. The van der Waals surface area contributed by atoms with E-state index in [1.165, 1.54) is 23.5 Å². The number of hydrogen-bond acceptors (Lipinski definition) is 6. The molecule has 7 nitrogen and oxygen atoms in total. The third-order valence-electron chi connectivity index (χ3n) is 6.09. The Morgan fingerprint density at radius 3 is 2.42 bits per heavy atom. The summed E-state index contributed by atoms with van der Waals surface area (Å²) in [6.45, 7) is 7.73. The Labute approximate surface area is 196 Å². The van der Waals surface area contributed by atoms with Crippen LogP contribution in [0.15, 0.2) is 42.7 Å². The molecule has 1 aliphatic heterocycles. The van der Waals surface area contributed by atoms with Crippen molar-refractivity contribution in [2.24, 2.45) is 5.92 Å². The average Bonchev–Trinajstić information content (AvgIpc) is 2.74. The number of halogens is 2. The minimum Gasteiger partial charge on any atom is -0.340 e. The van der Waals surface area contributed by atoms with Crippen LogP contribution >= 0.6 is 11.6 Å². The first-order valence-electron chi connectivity index (χ1n) is 10.7. The van der Waals surface area contributed by atoms with Crippen LogP contribution in [0.3, 0.4) is 0 Å². The van der Waals surface area contributed by atoms with E-state index in [4.69, 9.17) is 11.6 Å². The van der Waals surface area contributed by atoms with Gasteiger partial charge in [-0.2, -0.15) is 5.06 Å². The van der Waals surface area contributed by atoms with E-state index in [1.54, 1.807) is 24.3 Å². The number of fused-ring (bicyclic) bond motifs is 1. The van der Waals surface area contributed by atoms with Crippen LogP contribution in [0.5, 0.6) is 0 Å². The Morgan fingerprint density at radius 1 is 1.09 bits per heavy atom.